The molecule has 2 aromatic carbocycles. The fourth-order valence-electron chi connectivity index (χ4n) is 3.74. The quantitative estimate of drug-likeness (QED) is 0.744. The zero-order valence-corrected chi connectivity index (χ0v) is 17.2. The van der Waals surface area contributed by atoms with Crippen molar-refractivity contribution in [1.29, 1.82) is 0 Å². The van der Waals surface area contributed by atoms with Crippen molar-refractivity contribution < 1.29 is 28.5 Å². The molecule has 1 saturated heterocycles. The summed E-state index contributed by atoms with van der Waals surface area (Å²) >= 11 is 0. The van der Waals surface area contributed by atoms with Crippen LogP contribution in [0.15, 0.2) is 36.4 Å². The average Bonchev–Trinajstić information content (AvgIpc) is 3.27. The van der Waals surface area contributed by atoms with Crippen LogP contribution in [0.3, 0.4) is 0 Å². The van der Waals surface area contributed by atoms with Crippen LogP contribution in [0, 0.1) is 0 Å². The monoisotopic (exact) mass is 414 g/mol. The van der Waals surface area contributed by atoms with Gasteiger partial charge in [0.15, 0.2) is 23.0 Å². The Morgan fingerprint density at radius 3 is 2.57 bits per heavy atom. The van der Waals surface area contributed by atoms with Gasteiger partial charge in [-0.15, -0.1) is 0 Å². The molecule has 8 heteroatoms. The average molecular weight is 414 g/mol. The number of hydrogen-bond acceptors (Lipinski definition) is 7. The Balaban J connectivity index is 1.51. The summed E-state index contributed by atoms with van der Waals surface area (Å²) < 4.78 is 27.0. The van der Waals surface area contributed by atoms with Gasteiger partial charge in [0.1, 0.15) is 0 Å². The van der Waals surface area contributed by atoms with Gasteiger partial charge >= 0.3 is 0 Å². The van der Waals surface area contributed by atoms with Crippen LogP contribution in [-0.2, 0) is 4.74 Å². The highest BCUT2D eigenvalue weighted by atomic mass is 16.7. The molecule has 30 heavy (non-hydrogen) atoms. The molecular weight excluding hydrogens is 388 g/mol. The van der Waals surface area contributed by atoms with E-state index in [1.165, 1.54) is 0 Å². The van der Waals surface area contributed by atoms with Gasteiger partial charge in [-0.3, -0.25) is 9.69 Å². The minimum Gasteiger partial charge on any atom is -0.493 e. The SMILES string of the molecule is COc1ccc(C(=O)NC[C@@H](c2ccc3c(c2)OCO3)N2CCOCC2)cc1OC. The predicted molar refractivity (Wildman–Crippen MR) is 110 cm³/mol. The maximum absolute atomic E-state index is 12.8. The second kappa shape index (κ2) is 9.23. The van der Waals surface area contributed by atoms with Crippen molar-refractivity contribution in [1.82, 2.24) is 10.2 Å². The van der Waals surface area contributed by atoms with Crippen molar-refractivity contribution in [3.05, 3.63) is 47.5 Å². The van der Waals surface area contributed by atoms with Gasteiger partial charge in [0.2, 0.25) is 6.79 Å². The lowest BCUT2D eigenvalue weighted by Gasteiger charge is -2.35. The van der Waals surface area contributed by atoms with Crippen LogP contribution in [0.5, 0.6) is 23.0 Å². The van der Waals surface area contributed by atoms with E-state index in [9.17, 15) is 4.79 Å². The third-order valence-electron chi connectivity index (χ3n) is 5.37. The Morgan fingerprint density at radius 2 is 1.80 bits per heavy atom. The van der Waals surface area contributed by atoms with Gasteiger partial charge in [-0.05, 0) is 35.9 Å². The largest absolute Gasteiger partial charge is 0.493 e. The zero-order valence-electron chi connectivity index (χ0n) is 17.2. The van der Waals surface area contributed by atoms with E-state index < -0.39 is 0 Å². The lowest BCUT2D eigenvalue weighted by atomic mass is 10.0. The zero-order chi connectivity index (χ0) is 20.9. The number of morpholine rings is 1. The predicted octanol–water partition coefficient (Wildman–Crippen LogP) is 2.24. The van der Waals surface area contributed by atoms with E-state index in [1.807, 2.05) is 18.2 Å². The second-order valence-electron chi connectivity index (χ2n) is 7.06. The number of nitrogens with zero attached hydrogens (tertiary/aromatic N) is 1. The third kappa shape index (κ3) is 4.29. The fourth-order valence-corrected chi connectivity index (χ4v) is 3.74. The molecule has 2 aliphatic rings. The molecule has 2 aromatic rings. The first-order valence-corrected chi connectivity index (χ1v) is 9.91. The highest BCUT2D eigenvalue weighted by molar-refractivity contribution is 5.94. The van der Waals surface area contributed by atoms with Crippen LogP contribution in [0.4, 0.5) is 0 Å². The smallest absolute Gasteiger partial charge is 0.251 e. The summed E-state index contributed by atoms with van der Waals surface area (Å²) in [6.07, 6.45) is 0. The van der Waals surface area contributed by atoms with E-state index >= 15 is 0 Å². The number of carbonyl (C=O) groups is 1. The third-order valence-corrected chi connectivity index (χ3v) is 5.37. The molecule has 0 unspecified atom stereocenters. The highest BCUT2D eigenvalue weighted by Crippen LogP contribution is 2.35. The number of carbonyl (C=O) groups excluding carboxylic acids is 1. The summed E-state index contributed by atoms with van der Waals surface area (Å²) in [4.78, 5) is 15.1. The van der Waals surface area contributed by atoms with Crippen LogP contribution in [0.1, 0.15) is 22.0 Å². The molecule has 2 heterocycles. The number of benzene rings is 2. The molecule has 1 amide bonds. The molecule has 8 nitrogen and oxygen atoms in total. The molecule has 2 aliphatic heterocycles. The molecule has 1 atom stereocenters. The maximum atomic E-state index is 12.8. The van der Waals surface area contributed by atoms with E-state index in [2.05, 4.69) is 10.2 Å². The summed E-state index contributed by atoms with van der Waals surface area (Å²) in [7, 11) is 3.11. The van der Waals surface area contributed by atoms with Crippen molar-refractivity contribution in [2.75, 3.05) is 53.9 Å². The van der Waals surface area contributed by atoms with Crippen molar-refractivity contribution in [3.8, 4) is 23.0 Å². The van der Waals surface area contributed by atoms with Gasteiger partial charge in [0.25, 0.3) is 5.91 Å². The lowest BCUT2D eigenvalue weighted by Crippen LogP contribution is -2.43. The minimum atomic E-state index is -0.171. The summed E-state index contributed by atoms with van der Waals surface area (Å²) in [5, 5.41) is 3.06. The Morgan fingerprint density at radius 1 is 1.03 bits per heavy atom. The van der Waals surface area contributed by atoms with Crippen molar-refractivity contribution >= 4 is 5.91 Å². The molecular formula is C22H26N2O6. The number of rotatable bonds is 7. The first-order valence-electron chi connectivity index (χ1n) is 9.91. The van der Waals surface area contributed by atoms with Gasteiger partial charge in [-0.1, -0.05) is 6.07 Å². The van der Waals surface area contributed by atoms with E-state index in [4.69, 9.17) is 23.7 Å². The lowest BCUT2D eigenvalue weighted by molar-refractivity contribution is 0.0162. The Bertz CT molecular complexity index is 897. The summed E-state index contributed by atoms with van der Waals surface area (Å²) in [5.74, 6) is 2.41. The highest BCUT2D eigenvalue weighted by Gasteiger charge is 2.25. The topological polar surface area (TPSA) is 78.5 Å². The summed E-state index contributed by atoms with van der Waals surface area (Å²) in [5.41, 5.74) is 1.58. The summed E-state index contributed by atoms with van der Waals surface area (Å²) in [6, 6.07) is 11.1. The first-order chi connectivity index (χ1) is 14.7. The van der Waals surface area contributed by atoms with E-state index in [0.717, 1.165) is 30.2 Å². The van der Waals surface area contributed by atoms with Gasteiger partial charge in [-0.25, -0.2) is 0 Å². The maximum Gasteiger partial charge on any atom is 0.251 e. The van der Waals surface area contributed by atoms with E-state index in [0.29, 0.717) is 36.8 Å². The van der Waals surface area contributed by atoms with Gasteiger partial charge < -0.3 is 29.0 Å². The number of methoxy groups -OCH3 is 2. The van der Waals surface area contributed by atoms with Gasteiger partial charge in [0.05, 0.1) is 33.5 Å². The standard InChI is InChI=1S/C22H26N2O6/c1-26-18-5-4-16(12-20(18)27-2)22(25)23-13-17(24-7-9-28-10-8-24)15-3-6-19-21(11-15)30-14-29-19/h3-6,11-12,17H,7-10,13-14H2,1-2H3,(H,23,25)/t17-/m0/s1. The number of ether oxygens (including phenoxy) is 5. The summed E-state index contributed by atoms with van der Waals surface area (Å²) in [6.45, 7) is 3.62. The molecule has 1 fully saturated rings. The molecule has 0 spiro atoms. The van der Waals surface area contributed by atoms with Crippen LogP contribution >= 0.6 is 0 Å². The minimum absolute atomic E-state index is 0.00695. The first kappa shape index (κ1) is 20.3. The molecule has 0 aromatic heterocycles. The molecule has 4 rings (SSSR count). The molecule has 160 valence electrons. The number of nitrogens with one attached hydrogen (secondary N) is 1. The van der Waals surface area contributed by atoms with Gasteiger partial charge in [-0.2, -0.15) is 0 Å². The Labute approximate surface area is 175 Å². The van der Waals surface area contributed by atoms with Crippen molar-refractivity contribution in [2.45, 2.75) is 6.04 Å². The van der Waals surface area contributed by atoms with E-state index in [-0.39, 0.29) is 18.7 Å². The molecule has 0 aliphatic carbocycles. The van der Waals surface area contributed by atoms with Crippen LogP contribution < -0.4 is 24.3 Å². The van der Waals surface area contributed by atoms with Gasteiger partial charge in [0, 0.05) is 25.2 Å². The van der Waals surface area contributed by atoms with E-state index in [1.54, 1.807) is 32.4 Å². The number of fused-ring (bicyclic) bond motifs is 1. The molecule has 0 bridgehead atoms. The number of amides is 1. The molecule has 0 radical (unpaired) electrons. The number of hydrogen-bond donors (Lipinski definition) is 1. The van der Waals surface area contributed by atoms with Crippen molar-refractivity contribution in [3.63, 3.8) is 0 Å². The van der Waals surface area contributed by atoms with Crippen molar-refractivity contribution in [2.24, 2.45) is 0 Å². The fraction of sp³-hybridized carbons (Fsp3) is 0.409. The molecule has 1 N–H and O–H groups in total. The normalized spacial score (nSPS) is 16.7. The molecule has 0 saturated carbocycles. The van der Waals surface area contributed by atoms with Crippen LogP contribution in [0.25, 0.3) is 0 Å². The second-order valence-corrected chi connectivity index (χ2v) is 7.06. The van der Waals surface area contributed by atoms with Crippen LogP contribution in [-0.4, -0.2) is 64.7 Å². The Kier molecular flexibility index (Phi) is 6.25. The Hall–Kier alpha value is -2.97. The van der Waals surface area contributed by atoms with Crippen LogP contribution in [0.2, 0.25) is 0 Å².